The van der Waals surface area contributed by atoms with E-state index in [1.54, 1.807) is 20.4 Å². The van der Waals surface area contributed by atoms with Gasteiger partial charge >= 0.3 is 0 Å². The maximum atomic E-state index is 5.74. The zero-order valence-corrected chi connectivity index (χ0v) is 15.8. The first-order valence-electron chi connectivity index (χ1n) is 9.10. The van der Waals surface area contributed by atoms with Crippen LogP contribution in [0.4, 0.5) is 0 Å². The van der Waals surface area contributed by atoms with E-state index in [1.165, 1.54) is 0 Å². The largest absolute Gasteiger partial charge is 0.497 e. The van der Waals surface area contributed by atoms with E-state index in [2.05, 4.69) is 20.6 Å². The summed E-state index contributed by atoms with van der Waals surface area (Å²) in [5.74, 6) is 2.81. The molecule has 0 bridgehead atoms. The highest BCUT2D eigenvalue weighted by atomic mass is 16.5. The first-order chi connectivity index (χ1) is 13.3. The number of pyridine rings is 1. The lowest BCUT2D eigenvalue weighted by atomic mass is 10.2. The molecule has 1 aromatic heterocycles. The number of aliphatic imine (C=N–C) groups is 1. The summed E-state index contributed by atoms with van der Waals surface area (Å²) < 4.78 is 16.5. The van der Waals surface area contributed by atoms with Crippen LogP contribution in [0.5, 0.6) is 17.4 Å². The van der Waals surface area contributed by atoms with E-state index in [0.717, 1.165) is 43.3 Å². The maximum absolute atomic E-state index is 5.74. The minimum Gasteiger partial charge on any atom is -0.497 e. The average molecular weight is 370 g/mol. The van der Waals surface area contributed by atoms with Crippen molar-refractivity contribution in [3.63, 3.8) is 0 Å². The highest BCUT2D eigenvalue weighted by Gasteiger charge is 2.15. The van der Waals surface area contributed by atoms with Crippen molar-refractivity contribution in [2.45, 2.75) is 25.5 Å². The lowest BCUT2D eigenvalue weighted by molar-refractivity contribution is 0.114. The van der Waals surface area contributed by atoms with Gasteiger partial charge in [-0.2, -0.15) is 0 Å². The molecule has 3 rings (SSSR count). The van der Waals surface area contributed by atoms with E-state index in [-0.39, 0.29) is 6.10 Å². The maximum Gasteiger partial charge on any atom is 0.219 e. The van der Waals surface area contributed by atoms with Gasteiger partial charge in [0.2, 0.25) is 5.88 Å². The Morgan fingerprint density at radius 3 is 2.63 bits per heavy atom. The second kappa shape index (κ2) is 9.78. The SMILES string of the molecule is CN=C(NCc1ccc(Oc2ccc(OC)cc2)nc1)NCC1CCCO1. The number of guanidine groups is 1. The molecule has 0 amide bonds. The Morgan fingerprint density at radius 1 is 1.19 bits per heavy atom. The second-order valence-electron chi connectivity index (χ2n) is 6.22. The Hall–Kier alpha value is -2.80. The van der Waals surface area contributed by atoms with Crippen molar-refractivity contribution >= 4 is 5.96 Å². The third kappa shape index (κ3) is 5.86. The average Bonchev–Trinajstić information content (AvgIpc) is 3.23. The number of aromatic nitrogens is 1. The molecule has 1 unspecified atom stereocenters. The van der Waals surface area contributed by atoms with Crippen LogP contribution in [-0.2, 0) is 11.3 Å². The standard InChI is InChI=1S/C20H26N4O3/c1-21-20(24-14-18-4-3-11-26-18)23-13-15-5-10-19(22-12-15)27-17-8-6-16(25-2)7-9-17/h5-10,12,18H,3-4,11,13-14H2,1-2H3,(H2,21,23,24). The monoisotopic (exact) mass is 370 g/mol. The van der Waals surface area contributed by atoms with E-state index >= 15 is 0 Å². The first kappa shape index (κ1) is 19.0. The molecule has 1 atom stereocenters. The molecule has 0 radical (unpaired) electrons. The minimum atomic E-state index is 0.277. The summed E-state index contributed by atoms with van der Waals surface area (Å²) in [5, 5.41) is 6.57. The Bertz CT molecular complexity index is 726. The molecule has 0 spiro atoms. The van der Waals surface area contributed by atoms with Gasteiger partial charge in [0.25, 0.3) is 0 Å². The topological polar surface area (TPSA) is 77.0 Å². The molecule has 2 heterocycles. The van der Waals surface area contributed by atoms with Crippen molar-refractivity contribution in [1.82, 2.24) is 15.6 Å². The third-order valence-corrected chi connectivity index (χ3v) is 4.28. The summed E-state index contributed by atoms with van der Waals surface area (Å²) in [6, 6.07) is 11.2. The molecule has 2 N–H and O–H groups in total. The van der Waals surface area contributed by atoms with Gasteiger partial charge in [-0.05, 0) is 42.7 Å². The molecule has 2 aromatic rings. The summed E-state index contributed by atoms with van der Waals surface area (Å²) >= 11 is 0. The fraction of sp³-hybridized carbons (Fsp3) is 0.400. The van der Waals surface area contributed by atoms with E-state index < -0.39 is 0 Å². The fourth-order valence-electron chi connectivity index (χ4n) is 2.76. The van der Waals surface area contributed by atoms with Crippen LogP contribution in [0.1, 0.15) is 18.4 Å². The molecule has 0 saturated carbocycles. The molecule has 1 fully saturated rings. The summed E-state index contributed by atoms with van der Waals surface area (Å²) in [5.41, 5.74) is 1.04. The first-order valence-corrected chi connectivity index (χ1v) is 9.10. The van der Waals surface area contributed by atoms with Crippen molar-refractivity contribution in [2.75, 3.05) is 27.3 Å². The molecule has 7 heteroatoms. The number of methoxy groups -OCH3 is 1. The van der Waals surface area contributed by atoms with E-state index in [0.29, 0.717) is 18.2 Å². The van der Waals surface area contributed by atoms with Gasteiger partial charge in [-0.1, -0.05) is 6.07 Å². The zero-order valence-electron chi connectivity index (χ0n) is 15.8. The van der Waals surface area contributed by atoms with E-state index in [4.69, 9.17) is 14.2 Å². The highest BCUT2D eigenvalue weighted by Crippen LogP contribution is 2.22. The van der Waals surface area contributed by atoms with Gasteiger partial charge in [0.15, 0.2) is 5.96 Å². The molecular formula is C20H26N4O3. The van der Waals surface area contributed by atoms with Crippen LogP contribution >= 0.6 is 0 Å². The molecule has 0 aliphatic carbocycles. The number of benzene rings is 1. The van der Waals surface area contributed by atoms with Crippen molar-refractivity contribution in [3.05, 3.63) is 48.2 Å². The Morgan fingerprint density at radius 2 is 2.00 bits per heavy atom. The summed E-state index contributed by atoms with van der Waals surface area (Å²) in [6.45, 7) is 2.25. The van der Waals surface area contributed by atoms with Crippen LogP contribution in [0.3, 0.4) is 0 Å². The van der Waals surface area contributed by atoms with Crippen LogP contribution in [0.25, 0.3) is 0 Å². The van der Waals surface area contributed by atoms with Crippen LogP contribution in [0.2, 0.25) is 0 Å². The Balaban J connectivity index is 1.46. The second-order valence-corrected chi connectivity index (χ2v) is 6.22. The molecule has 27 heavy (non-hydrogen) atoms. The number of nitrogens with zero attached hydrogens (tertiary/aromatic N) is 2. The van der Waals surface area contributed by atoms with Crippen molar-refractivity contribution in [1.29, 1.82) is 0 Å². The number of nitrogens with one attached hydrogen (secondary N) is 2. The van der Waals surface area contributed by atoms with Gasteiger partial charge in [0.1, 0.15) is 11.5 Å². The minimum absolute atomic E-state index is 0.277. The quantitative estimate of drug-likeness (QED) is 0.576. The predicted octanol–water partition coefficient (Wildman–Crippen LogP) is 2.73. The molecule has 144 valence electrons. The van der Waals surface area contributed by atoms with Gasteiger partial charge in [0, 0.05) is 39.0 Å². The van der Waals surface area contributed by atoms with Gasteiger partial charge < -0.3 is 24.8 Å². The highest BCUT2D eigenvalue weighted by molar-refractivity contribution is 5.79. The summed E-state index contributed by atoms with van der Waals surface area (Å²) in [6.07, 6.45) is 4.30. The number of hydrogen-bond donors (Lipinski definition) is 2. The van der Waals surface area contributed by atoms with Crippen molar-refractivity contribution in [3.8, 4) is 17.4 Å². The van der Waals surface area contributed by atoms with Crippen LogP contribution in [0.15, 0.2) is 47.6 Å². The normalized spacial score (nSPS) is 16.8. The van der Waals surface area contributed by atoms with E-state index in [9.17, 15) is 0 Å². The zero-order chi connectivity index (χ0) is 18.9. The molecule has 1 aromatic carbocycles. The van der Waals surface area contributed by atoms with Gasteiger partial charge in [-0.15, -0.1) is 0 Å². The van der Waals surface area contributed by atoms with Gasteiger partial charge in [-0.3, -0.25) is 4.99 Å². The van der Waals surface area contributed by atoms with E-state index in [1.807, 2.05) is 36.4 Å². The number of ether oxygens (including phenoxy) is 3. The van der Waals surface area contributed by atoms with Crippen LogP contribution in [0, 0.1) is 0 Å². The lowest BCUT2D eigenvalue weighted by Crippen LogP contribution is -2.40. The third-order valence-electron chi connectivity index (χ3n) is 4.28. The smallest absolute Gasteiger partial charge is 0.219 e. The summed E-state index contributed by atoms with van der Waals surface area (Å²) in [4.78, 5) is 8.59. The molecule has 1 aliphatic rings. The summed E-state index contributed by atoms with van der Waals surface area (Å²) in [7, 11) is 3.39. The lowest BCUT2D eigenvalue weighted by Gasteiger charge is -2.15. The molecule has 1 saturated heterocycles. The predicted molar refractivity (Wildman–Crippen MR) is 104 cm³/mol. The van der Waals surface area contributed by atoms with Crippen molar-refractivity contribution < 1.29 is 14.2 Å². The number of rotatable bonds is 7. The molecule has 7 nitrogen and oxygen atoms in total. The van der Waals surface area contributed by atoms with Crippen LogP contribution in [-0.4, -0.2) is 44.4 Å². The Labute approximate surface area is 159 Å². The Kier molecular flexibility index (Phi) is 6.87. The van der Waals surface area contributed by atoms with Crippen LogP contribution < -0.4 is 20.1 Å². The number of hydrogen-bond acceptors (Lipinski definition) is 5. The fourth-order valence-corrected chi connectivity index (χ4v) is 2.76. The molecular weight excluding hydrogens is 344 g/mol. The molecule has 1 aliphatic heterocycles. The van der Waals surface area contributed by atoms with Crippen molar-refractivity contribution in [2.24, 2.45) is 4.99 Å². The van der Waals surface area contributed by atoms with Gasteiger partial charge in [0.05, 0.1) is 13.2 Å². The van der Waals surface area contributed by atoms with Gasteiger partial charge in [-0.25, -0.2) is 4.98 Å².